The molecule has 27 heavy (non-hydrogen) atoms. The molecule has 2 aromatic rings. The molecule has 0 spiro atoms. The number of aryl methyl sites for hydroxylation is 1. The van der Waals surface area contributed by atoms with Gasteiger partial charge in [-0.15, -0.1) is 0 Å². The van der Waals surface area contributed by atoms with Crippen LogP contribution in [0.1, 0.15) is 30.9 Å². The number of nitrogens with zero attached hydrogens (tertiary/aromatic N) is 1. The molecule has 2 aliphatic rings. The maximum atomic E-state index is 13.3. The monoisotopic (exact) mass is 381 g/mol. The Balaban J connectivity index is 1.70. The van der Waals surface area contributed by atoms with Crippen LogP contribution in [0.25, 0.3) is 0 Å². The average molecular weight is 382 g/mol. The van der Waals surface area contributed by atoms with E-state index in [0.29, 0.717) is 29.8 Å². The number of sulfonamides is 1. The van der Waals surface area contributed by atoms with Gasteiger partial charge in [0.1, 0.15) is 0 Å². The second-order valence-electron chi connectivity index (χ2n) is 8.38. The molecule has 0 radical (unpaired) electrons. The first-order valence-corrected chi connectivity index (χ1v) is 11.1. The van der Waals surface area contributed by atoms with Gasteiger partial charge in [-0.1, -0.05) is 74.0 Å². The molecule has 0 unspecified atom stereocenters. The van der Waals surface area contributed by atoms with E-state index < -0.39 is 10.0 Å². The van der Waals surface area contributed by atoms with Crippen molar-refractivity contribution in [2.24, 2.45) is 17.3 Å². The molecule has 0 bridgehead atoms. The molecule has 1 aliphatic heterocycles. The van der Waals surface area contributed by atoms with Crippen molar-refractivity contribution >= 4 is 10.0 Å². The molecule has 1 heterocycles. The van der Waals surface area contributed by atoms with E-state index in [2.05, 4.69) is 50.3 Å². The van der Waals surface area contributed by atoms with E-state index in [-0.39, 0.29) is 11.3 Å². The minimum Gasteiger partial charge on any atom is -0.207 e. The molecular formula is C23H27NO2S. The van der Waals surface area contributed by atoms with Gasteiger partial charge in [-0.25, -0.2) is 8.42 Å². The van der Waals surface area contributed by atoms with Crippen LogP contribution in [-0.4, -0.2) is 25.8 Å². The van der Waals surface area contributed by atoms with Gasteiger partial charge >= 0.3 is 0 Å². The molecule has 4 atom stereocenters. The second kappa shape index (κ2) is 6.61. The lowest BCUT2D eigenvalue weighted by atomic mass is 9.63. The van der Waals surface area contributed by atoms with Crippen LogP contribution in [0.15, 0.2) is 71.6 Å². The van der Waals surface area contributed by atoms with Crippen molar-refractivity contribution in [1.82, 2.24) is 4.31 Å². The van der Waals surface area contributed by atoms with Crippen LogP contribution in [0.2, 0.25) is 0 Å². The molecule has 2 aromatic carbocycles. The van der Waals surface area contributed by atoms with E-state index in [1.165, 1.54) is 5.56 Å². The van der Waals surface area contributed by atoms with Crippen molar-refractivity contribution in [3.8, 4) is 0 Å². The lowest BCUT2D eigenvalue weighted by Gasteiger charge is -2.40. The largest absolute Gasteiger partial charge is 0.243 e. The summed E-state index contributed by atoms with van der Waals surface area (Å²) in [5, 5.41) is 0. The minimum atomic E-state index is -3.48. The highest BCUT2D eigenvalue weighted by Crippen LogP contribution is 2.52. The Morgan fingerprint density at radius 2 is 1.70 bits per heavy atom. The van der Waals surface area contributed by atoms with Crippen LogP contribution < -0.4 is 0 Å². The van der Waals surface area contributed by atoms with Gasteiger partial charge in [-0.2, -0.15) is 4.31 Å². The Kier molecular flexibility index (Phi) is 4.52. The summed E-state index contributed by atoms with van der Waals surface area (Å²) in [6, 6.07) is 17.7. The average Bonchev–Trinajstić information content (AvgIpc) is 3.01. The van der Waals surface area contributed by atoms with Gasteiger partial charge < -0.3 is 0 Å². The lowest BCUT2D eigenvalue weighted by molar-refractivity contribution is 0.234. The zero-order valence-electron chi connectivity index (χ0n) is 16.2. The third-order valence-corrected chi connectivity index (χ3v) is 8.21. The number of hydrogen-bond acceptors (Lipinski definition) is 2. The molecular weight excluding hydrogens is 354 g/mol. The molecule has 0 N–H and O–H groups in total. The van der Waals surface area contributed by atoms with E-state index >= 15 is 0 Å². The lowest BCUT2D eigenvalue weighted by Crippen LogP contribution is -2.35. The highest BCUT2D eigenvalue weighted by molar-refractivity contribution is 7.89. The van der Waals surface area contributed by atoms with Gasteiger partial charge in [0.25, 0.3) is 0 Å². The zero-order chi connectivity index (χ0) is 19.2. The first-order valence-electron chi connectivity index (χ1n) is 9.62. The van der Waals surface area contributed by atoms with Crippen LogP contribution in [0, 0.1) is 24.2 Å². The standard InChI is InChI=1S/C23H27NO2S/c1-17-9-11-20(12-10-17)27(25,26)24-15-21-22(19-7-5-4-6-8-19)18(2)13-14-23(21,3)16-24/h4-14,18,21-22H,15-16H2,1-3H3/t18-,21-,22-,23-/m1/s1. The fraction of sp³-hybridized carbons (Fsp3) is 0.391. The molecule has 0 amide bonds. The van der Waals surface area contributed by atoms with Crippen LogP contribution in [0.4, 0.5) is 0 Å². The van der Waals surface area contributed by atoms with E-state index in [4.69, 9.17) is 0 Å². The number of fused-ring (bicyclic) bond motifs is 1. The van der Waals surface area contributed by atoms with E-state index in [1.807, 2.05) is 25.1 Å². The molecule has 0 aromatic heterocycles. The first kappa shape index (κ1) is 18.5. The Hall–Kier alpha value is -1.91. The molecule has 3 nitrogen and oxygen atoms in total. The highest BCUT2D eigenvalue weighted by atomic mass is 32.2. The van der Waals surface area contributed by atoms with Gasteiger partial charge in [0.15, 0.2) is 0 Å². The van der Waals surface area contributed by atoms with Crippen molar-refractivity contribution in [2.45, 2.75) is 31.6 Å². The molecule has 1 fully saturated rings. The minimum absolute atomic E-state index is 0.134. The normalized spacial score (nSPS) is 31.0. The predicted molar refractivity (Wildman–Crippen MR) is 109 cm³/mol. The van der Waals surface area contributed by atoms with Crippen LogP contribution in [0.3, 0.4) is 0 Å². The Morgan fingerprint density at radius 1 is 1.04 bits per heavy atom. The SMILES string of the molecule is Cc1ccc(S(=O)(=O)N2C[C@@H]3[C@@H](c4ccccc4)[C@H](C)C=C[C@]3(C)C2)cc1. The number of allylic oxidation sites excluding steroid dienone is 1. The van der Waals surface area contributed by atoms with Gasteiger partial charge in [0, 0.05) is 18.5 Å². The summed E-state index contributed by atoms with van der Waals surface area (Å²) in [4.78, 5) is 0.392. The molecule has 142 valence electrons. The highest BCUT2D eigenvalue weighted by Gasteiger charge is 2.51. The summed E-state index contributed by atoms with van der Waals surface area (Å²) < 4.78 is 28.2. The van der Waals surface area contributed by atoms with E-state index in [0.717, 1.165) is 5.56 Å². The third kappa shape index (κ3) is 3.15. The Labute approximate surface area is 162 Å². The maximum absolute atomic E-state index is 13.3. The number of hydrogen-bond donors (Lipinski definition) is 0. The summed E-state index contributed by atoms with van der Waals surface area (Å²) in [6.45, 7) is 7.53. The van der Waals surface area contributed by atoms with Crippen molar-refractivity contribution in [3.05, 3.63) is 77.9 Å². The fourth-order valence-corrected chi connectivity index (χ4v) is 6.38. The summed E-state index contributed by atoms with van der Waals surface area (Å²) in [6.07, 6.45) is 4.53. The molecule has 4 heteroatoms. The van der Waals surface area contributed by atoms with Gasteiger partial charge in [0.2, 0.25) is 10.0 Å². The first-order chi connectivity index (χ1) is 12.8. The molecule has 4 rings (SSSR count). The fourth-order valence-electron chi connectivity index (χ4n) is 4.80. The number of rotatable bonds is 3. The predicted octanol–water partition coefficient (Wildman–Crippen LogP) is 4.61. The van der Waals surface area contributed by atoms with Crippen LogP contribution >= 0.6 is 0 Å². The maximum Gasteiger partial charge on any atom is 0.243 e. The van der Waals surface area contributed by atoms with Gasteiger partial charge in [0.05, 0.1) is 4.90 Å². The van der Waals surface area contributed by atoms with Crippen molar-refractivity contribution in [3.63, 3.8) is 0 Å². The van der Waals surface area contributed by atoms with E-state index in [1.54, 1.807) is 16.4 Å². The summed E-state index contributed by atoms with van der Waals surface area (Å²) in [7, 11) is -3.48. The number of benzene rings is 2. The Bertz CT molecular complexity index is 950. The van der Waals surface area contributed by atoms with Gasteiger partial charge in [-0.3, -0.25) is 0 Å². The quantitative estimate of drug-likeness (QED) is 0.728. The van der Waals surface area contributed by atoms with Crippen molar-refractivity contribution in [2.75, 3.05) is 13.1 Å². The van der Waals surface area contributed by atoms with Crippen molar-refractivity contribution in [1.29, 1.82) is 0 Å². The third-order valence-electron chi connectivity index (χ3n) is 6.39. The van der Waals surface area contributed by atoms with E-state index in [9.17, 15) is 8.42 Å². The van der Waals surface area contributed by atoms with Crippen molar-refractivity contribution < 1.29 is 8.42 Å². The summed E-state index contributed by atoms with van der Waals surface area (Å²) in [5.41, 5.74) is 2.24. The molecule has 0 saturated carbocycles. The summed E-state index contributed by atoms with van der Waals surface area (Å²) in [5.74, 6) is 1.01. The zero-order valence-corrected chi connectivity index (χ0v) is 17.0. The summed E-state index contributed by atoms with van der Waals surface area (Å²) >= 11 is 0. The van der Waals surface area contributed by atoms with Crippen LogP contribution in [0.5, 0.6) is 0 Å². The molecule has 1 aliphatic carbocycles. The molecule has 1 saturated heterocycles. The second-order valence-corrected chi connectivity index (χ2v) is 10.3. The topological polar surface area (TPSA) is 37.4 Å². The Morgan fingerprint density at radius 3 is 2.37 bits per heavy atom. The smallest absolute Gasteiger partial charge is 0.207 e. The van der Waals surface area contributed by atoms with Gasteiger partial charge in [-0.05, 0) is 42.4 Å². The van der Waals surface area contributed by atoms with Crippen LogP contribution in [-0.2, 0) is 10.0 Å².